The van der Waals surface area contributed by atoms with Crippen molar-refractivity contribution in [2.45, 2.75) is 18.8 Å². The fourth-order valence-corrected chi connectivity index (χ4v) is 2.98. The van der Waals surface area contributed by atoms with Gasteiger partial charge < -0.3 is 20.1 Å². The van der Waals surface area contributed by atoms with Gasteiger partial charge in [-0.2, -0.15) is 5.10 Å². The number of carbonyl (C=O) groups excluding carboxylic acids is 1. The first-order valence-corrected chi connectivity index (χ1v) is 7.96. The maximum absolute atomic E-state index is 12.4. The molecule has 24 heavy (non-hydrogen) atoms. The lowest BCUT2D eigenvalue weighted by Crippen LogP contribution is -2.16. The van der Waals surface area contributed by atoms with Gasteiger partial charge in [-0.3, -0.25) is 9.89 Å². The van der Waals surface area contributed by atoms with Gasteiger partial charge in [0.15, 0.2) is 11.5 Å². The topological polar surface area (TPSA) is 88.3 Å². The number of aromatic nitrogens is 2. The summed E-state index contributed by atoms with van der Waals surface area (Å²) >= 11 is 0. The first-order valence-electron chi connectivity index (χ1n) is 7.96. The Labute approximate surface area is 140 Å². The van der Waals surface area contributed by atoms with E-state index in [2.05, 4.69) is 20.8 Å². The van der Waals surface area contributed by atoms with Gasteiger partial charge >= 0.3 is 0 Å². The van der Waals surface area contributed by atoms with Crippen LogP contribution in [-0.4, -0.2) is 43.4 Å². The van der Waals surface area contributed by atoms with Gasteiger partial charge in [0, 0.05) is 12.5 Å². The van der Waals surface area contributed by atoms with Crippen molar-refractivity contribution >= 4 is 11.6 Å². The van der Waals surface area contributed by atoms with E-state index >= 15 is 0 Å². The minimum Gasteiger partial charge on any atom is -0.493 e. The van der Waals surface area contributed by atoms with Crippen molar-refractivity contribution in [3.8, 4) is 11.5 Å². The third-order valence-electron chi connectivity index (χ3n) is 4.22. The molecule has 0 bridgehead atoms. The van der Waals surface area contributed by atoms with Crippen LogP contribution >= 0.6 is 0 Å². The highest BCUT2D eigenvalue weighted by molar-refractivity contribution is 5.92. The standard InChI is InChI=1S/C17H22N4O3/c1-23-14-4-3-11(7-15(14)24-2)8-16(22)20-13-10-19-21-17(13)12-5-6-18-9-12/h3-4,7,10,12,18H,5-6,8-9H2,1-2H3,(H,19,21)(H,20,22). The third kappa shape index (κ3) is 3.51. The molecule has 1 saturated heterocycles. The number of ether oxygens (including phenoxy) is 2. The highest BCUT2D eigenvalue weighted by Gasteiger charge is 2.22. The Morgan fingerprint density at radius 2 is 2.17 bits per heavy atom. The number of nitrogens with one attached hydrogen (secondary N) is 3. The van der Waals surface area contributed by atoms with Crippen molar-refractivity contribution in [2.24, 2.45) is 0 Å². The van der Waals surface area contributed by atoms with Crippen LogP contribution in [0.4, 0.5) is 5.69 Å². The molecule has 1 atom stereocenters. The molecular formula is C17H22N4O3. The van der Waals surface area contributed by atoms with Gasteiger partial charge in [0.2, 0.25) is 5.91 Å². The Kier molecular flexibility index (Phi) is 5.00. The number of anilines is 1. The lowest BCUT2D eigenvalue weighted by molar-refractivity contribution is -0.115. The molecule has 0 radical (unpaired) electrons. The zero-order chi connectivity index (χ0) is 16.9. The number of nitrogens with zero attached hydrogens (tertiary/aromatic N) is 1. The van der Waals surface area contributed by atoms with Crippen LogP contribution in [0.2, 0.25) is 0 Å². The van der Waals surface area contributed by atoms with Crippen LogP contribution in [-0.2, 0) is 11.2 Å². The number of methoxy groups -OCH3 is 2. The quantitative estimate of drug-likeness (QED) is 0.750. The van der Waals surface area contributed by atoms with Crippen molar-refractivity contribution < 1.29 is 14.3 Å². The molecule has 0 aliphatic carbocycles. The third-order valence-corrected chi connectivity index (χ3v) is 4.22. The largest absolute Gasteiger partial charge is 0.493 e. The molecule has 0 saturated carbocycles. The Balaban J connectivity index is 1.67. The highest BCUT2D eigenvalue weighted by Crippen LogP contribution is 2.29. The molecule has 7 nitrogen and oxygen atoms in total. The summed E-state index contributed by atoms with van der Waals surface area (Å²) in [7, 11) is 3.16. The van der Waals surface area contributed by atoms with E-state index in [9.17, 15) is 4.79 Å². The van der Waals surface area contributed by atoms with E-state index in [-0.39, 0.29) is 12.3 Å². The number of rotatable bonds is 6. The van der Waals surface area contributed by atoms with E-state index < -0.39 is 0 Å². The van der Waals surface area contributed by atoms with Crippen molar-refractivity contribution in [2.75, 3.05) is 32.6 Å². The average molecular weight is 330 g/mol. The van der Waals surface area contributed by atoms with E-state index in [0.29, 0.717) is 17.4 Å². The second-order valence-electron chi connectivity index (χ2n) is 5.80. The fraction of sp³-hybridized carbons (Fsp3) is 0.412. The zero-order valence-corrected chi connectivity index (χ0v) is 13.9. The summed E-state index contributed by atoms with van der Waals surface area (Å²) in [5, 5.41) is 13.3. The van der Waals surface area contributed by atoms with Crippen molar-refractivity contribution in [3.63, 3.8) is 0 Å². The first-order chi connectivity index (χ1) is 11.7. The number of hydrogen-bond acceptors (Lipinski definition) is 5. The van der Waals surface area contributed by atoms with Gasteiger partial charge in [-0.25, -0.2) is 0 Å². The maximum atomic E-state index is 12.4. The van der Waals surface area contributed by atoms with Crippen molar-refractivity contribution in [1.29, 1.82) is 0 Å². The van der Waals surface area contributed by atoms with Crippen LogP contribution in [0, 0.1) is 0 Å². The monoisotopic (exact) mass is 330 g/mol. The minimum atomic E-state index is -0.0872. The Morgan fingerprint density at radius 3 is 2.88 bits per heavy atom. The smallest absolute Gasteiger partial charge is 0.228 e. The number of hydrogen-bond donors (Lipinski definition) is 3. The molecule has 3 rings (SSSR count). The van der Waals surface area contributed by atoms with Gasteiger partial charge in [-0.1, -0.05) is 6.07 Å². The Hall–Kier alpha value is -2.54. The molecule has 1 aromatic heterocycles. The summed E-state index contributed by atoms with van der Waals surface area (Å²) in [5.74, 6) is 1.54. The minimum absolute atomic E-state index is 0.0872. The summed E-state index contributed by atoms with van der Waals surface area (Å²) in [6, 6.07) is 5.47. The summed E-state index contributed by atoms with van der Waals surface area (Å²) in [5.41, 5.74) is 2.60. The fourth-order valence-electron chi connectivity index (χ4n) is 2.98. The van der Waals surface area contributed by atoms with E-state index in [1.54, 1.807) is 26.5 Å². The molecule has 2 heterocycles. The molecule has 128 valence electrons. The Bertz CT molecular complexity index is 708. The van der Waals surface area contributed by atoms with Gasteiger partial charge in [0.1, 0.15) is 0 Å². The first kappa shape index (κ1) is 16.3. The number of H-pyrrole nitrogens is 1. The van der Waals surface area contributed by atoms with Crippen LogP contribution in [0.1, 0.15) is 23.6 Å². The van der Waals surface area contributed by atoms with E-state index in [1.165, 1.54) is 0 Å². The molecular weight excluding hydrogens is 308 g/mol. The predicted molar refractivity (Wildman–Crippen MR) is 90.7 cm³/mol. The summed E-state index contributed by atoms with van der Waals surface area (Å²) in [4.78, 5) is 12.4. The summed E-state index contributed by atoms with van der Waals surface area (Å²) in [6.45, 7) is 1.89. The summed E-state index contributed by atoms with van der Waals surface area (Å²) < 4.78 is 10.5. The van der Waals surface area contributed by atoms with Crippen molar-refractivity contribution in [3.05, 3.63) is 35.7 Å². The lowest BCUT2D eigenvalue weighted by Gasteiger charge is -2.11. The molecule has 1 aromatic carbocycles. The van der Waals surface area contributed by atoms with E-state index in [4.69, 9.17) is 9.47 Å². The molecule has 7 heteroatoms. The van der Waals surface area contributed by atoms with Gasteiger partial charge in [0.05, 0.1) is 38.2 Å². The van der Waals surface area contributed by atoms with Gasteiger partial charge in [-0.15, -0.1) is 0 Å². The predicted octanol–water partition coefficient (Wildman–Crippen LogP) is 1.68. The van der Waals surface area contributed by atoms with E-state index in [0.717, 1.165) is 36.5 Å². The normalized spacial score (nSPS) is 16.8. The highest BCUT2D eigenvalue weighted by atomic mass is 16.5. The van der Waals surface area contributed by atoms with E-state index in [1.807, 2.05) is 12.1 Å². The molecule has 1 amide bonds. The maximum Gasteiger partial charge on any atom is 0.228 e. The molecule has 1 unspecified atom stereocenters. The van der Waals surface area contributed by atoms with Crippen LogP contribution in [0.3, 0.4) is 0 Å². The molecule has 1 aliphatic rings. The van der Waals surface area contributed by atoms with Crippen LogP contribution < -0.4 is 20.1 Å². The molecule has 3 N–H and O–H groups in total. The van der Waals surface area contributed by atoms with Gasteiger partial charge in [-0.05, 0) is 30.7 Å². The van der Waals surface area contributed by atoms with Crippen molar-refractivity contribution in [1.82, 2.24) is 15.5 Å². The van der Waals surface area contributed by atoms with Crippen LogP contribution in [0.5, 0.6) is 11.5 Å². The van der Waals surface area contributed by atoms with Gasteiger partial charge in [0.25, 0.3) is 0 Å². The van der Waals surface area contributed by atoms with Crippen LogP contribution in [0.25, 0.3) is 0 Å². The second kappa shape index (κ2) is 7.35. The molecule has 1 aliphatic heterocycles. The number of carbonyl (C=O) groups is 1. The summed E-state index contributed by atoms with van der Waals surface area (Å²) in [6.07, 6.45) is 2.97. The zero-order valence-electron chi connectivity index (χ0n) is 13.9. The number of amides is 1. The molecule has 2 aromatic rings. The Morgan fingerprint density at radius 1 is 1.33 bits per heavy atom. The SMILES string of the molecule is COc1ccc(CC(=O)Nc2cn[nH]c2C2CCNC2)cc1OC. The van der Waals surface area contributed by atoms with Crippen LogP contribution in [0.15, 0.2) is 24.4 Å². The lowest BCUT2D eigenvalue weighted by atomic mass is 10.0. The second-order valence-corrected chi connectivity index (χ2v) is 5.80. The average Bonchev–Trinajstić information content (AvgIpc) is 3.25. The molecule has 1 fully saturated rings. The molecule has 0 spiro atoms. The number of aromatic amines is 1. The number of benzene rings is 1.